The molecule has 0 aliphatic heterocycles. The van der Waals surface area contributed by atoms with Crippen LogP contribution in [0.1, 0.15) is 26.3 Å². The van der Waals surface area contributed by atoms with Gasteiger partial charge in [0, 0.05) is 5.57 Å². The molecule has 0 saturated heterocycles. The summed E-state index contributed by atoms with van der Waals surface area (Å²) in [6, 6.07) is 4.08. The SMILES string of the molecule is CCOC(=O)/C(C)=C(/C)c1ccc(F)cc1Cl. The van der Waals surface area contributed by atoms with Crippen LogP contribution in [0.4, 0.5) is 4.39 Å². The average Bonchev–Trinajstić information content (AvgIpc) is 2.27. The Balaban J connectivity index is 3.14. The number of allylic oxidation sites excluding steroid dienone is 1. The predicted octanol–water partition coefficient (Wildman–Crippen LogP) is 3.84. The molecule has 1 aromatic carbocycles. The van der Waals surface area contributed by atoms with Gasteiger partial charge in [0.15, 0.2) is 0 Å². The van der Waals surface area contributed by atoms with E-state index in [9.17, 15) is 9.18 Å². The molecule has 4 heteroatoms. The molecule has 0 aromatic heterocycles. The maximum Gasteiger partial charge on any atom is 0.333 e. The van der Waals surface area contributed by atoms with Gasteiger partial charge in [-0.2, -0.15) is 0 Å². The minimum Gasteiger partial charge on any atom is -0.463 e. The van der Waals surface area contributed by atoms with E-state index in [1.807, 2.05) is 0 Å². The van der Waals surface area contributed by atoms with Gasteiger partial charge in [-0.1, -0.05) is 17.7 Å². The second-order valence-electron chi connectivity index (χ2n) is 3.59. The Bertz CT molecular complexity index is 466. The molecule has 0 aliphatic rings. The molecule has 1 rings (SSSR count). The number of rotatable bonds is 3. The largest absolute Gasteiger partial charge is 0.463 e. The Morgan fingerprint density at radius 3 is 2.59 bits per heavy atom. The van der Waals surface area contributed by atoms with Crippen LogP contribution in [0, 0.1) is 5.82 Å². The molecule has 17 heavy (non-hydrogen) atoms. The summed E-state index contributed by atoms with van der Waals surface area (Å²) in [5, 5.41) is 0.283. The zero-order chi connectivity index (χ0) is 13.0. The van der Waals surface area contributed by atoms with E-state index in [1.165, 1.54) is 12.1 Å². The fraction of sp³-hybridized carbons (Fsp3) is 0.308. The van der Waals surface area contributed by atoms with Gasteiger partial charge < -0.3 is 4.74 Å². The van der Waals surface area contributed by atoms with Gasteiger partial charge >= 0.3 is 5.97 Å². The van der Waals surface area contributed by atoms with E-state index < -0.39 is 5.82 Å². The van der Waals surface area contributed by atoms with Crippen LogP contribution in [0.2, 0.25) is 5.02 Å². The summed E-state index contributed by atoms with van der Waals surface area (Å²) < 4.78 is 17.8. The number of carbonyl (C=O) groups excluding carboxylic acids is 1. The lowest BCUT2D eigenvalue weighted by Gasteiger charge is -2.09. The Morgan fingerprint density at radius 1 is 1.41 bits per heavy atom. The lowest BCUT2D eigenvalue weighted by atomic mass is 10.0. The van der Waals surface area contributed by atoms with Gasteiger partial charge in [-0.25, -0.2) is 9.18 Å². The molecule has 0 heterocycles. The maximum absolute atomic E-state index is 12.9. The van der Waals surface area contributed by atoms with Crippen LogP contribution in [-0.2, 0) is 9.53 Å². The molecule has 0 aliphatic carbocycles. The van der Waals surface area contributed by atoms with E-state index in [0.717, 1.165) is 0 Å². The molecule has 0 bridgehead atoms. The van der Waals surface area contributed by atoms with Crippen LogP contribution >= 0.6 is 11.6 Å². The van der Waals surface area contributed by atoms with Crippen molar-refractivity contribution in [2.24, 2.45) is 0 Å². The number of benzene rings is 1. The van der Waals surface area contributed by atoms with Crippen LogP contribution in [0.3, 0.4) is 0 Å². The van der Waals surface area contributed by atoms with E-state index in [4.69, 9.17) is 16.3 Å². The molecule has 0 spiro atoms. The van der Waals surface area contributed by atoms with Crippen LogP contribution < -0.4 is 0 Å². The average molecular weight is 257 g/mol. The first-order chi connectivity index (χ1) is 7.97. The van der Waals surface area contributed by atoms with Crippen LogP contribution in [-0.4, -0.2) is 12.6 Å². The molecule has 0 amide bonds. The highest BCUT2D eigenvalue weighted by Gasteiger charge is 2.12. The molecule has 0 saturated carbocycles. The van der Waals surface area contributed by atoms with Crippen LogP contribution in [0.25, 0.3) is 5.57 Å². The Morgan fingerprint density at radius 2 is 2.06 bits per heavy atom. The molecule has 0 unspecified atom stereocenters. The Labute approximate surface area is 105 Å². The summed E-state index contributed by atoms with van der Waals surface area (Å²) >= 11 is 5.92. The summed E-state index contributed by atoms with van der Waals surface area (Å²) in [4.78, 5) is 11.5. The molecule has 0 fully saturated rings. The predicted molar refractivity (Wildman–Crippen MR) is 66.3 cm³/mol. The first-order valence-corrected chi connectivity index (χ1v) is 5.65. The lowest BCUT2D eigenvalue weighted by molar-refractivity contribution is -0.138. The molecule has 0 radical (unpaired) electrons. The van der Waals surface area contributed by atoms with Crippen molar-refractivity contribution in [2.75, 3.05) is 6.61 Å². The summed E-state index contributed by atoms with van der Waals surface area (Å²) in [5.74, 6) is -0.786. The second-order valence-corrected chi connectivity index (χ2v) is 4.00. The van der Waals surface area contributed by atoms with Gasteiger partial charge in [-0.3, -0.25) is 0 Å². The fourth-order valence-electron chi connectivity index (χ4n) is 1.39. The third-order valence-electron chi connectivity index (χ3n) is 2.48. The smallest absolute Gasteiger partial charge is 0.333 e. The van der Waals surface area contributed by atoms with E-state index in [-0.39, 0.29) is 11.0 Å². The molecule has 0 N–H and O–H groups in total. The zero-order valence-electron chi connectivity index (χ0n) is 10.0. The third kappa shape index (κ3) is 3.30. The van der Waals surface area contributed by atoms with Gasteiger partial charge in [0.25, 0.3) is 0 Å². The first kappa shape index (κ1) is 13.7. The van der Waals surface area contributed by atoms with Crippen molar-refractivity contribution < 1.29 is 13.9 Å². The Hall–Kier alpha value is -1.35. The van der Waals surface area contributed by atoms with E-state index in [0.29, 0.717) is 23.3 Å². The van der Waals surface area contributed by atoms with Gasteiger partial charge in [0.2, 0.25) is 0 Å². The number of carbonyl (C=O) groups is 1. The second kappa shape index (κ2) is 5.82. The standard InChI is InChI=1S/C13H14ClFO2/c1-4-17-13(16)9(3)8(2)11-6-5-10(15)7-12(11)14/h5-7H,4H2,1-3H3/b9-8-. The van der Waals surface area contributed by atoms with Gasteiger partial charge in [-0.05, 0) is 44.0 Å². The fourth-order valence-corrected chi connectivity index (χ4v) is 1.70. The summed E-state index contributed by atoms with van der Waals surface area (Å²) in [5.41, 5.74) is 1.80. The highest BCUT2D eigenvalue weighted by Crippen LogP contribution is 2.27. The lowest BCUT2D eigenvalue weighted by Crippen LogP contribution is -2.06. The number of esters is 1. The highest BCUT2D eigenvalue weighted by atomic mass is 35.5. The topological polar surface area (TPSA) is 26.3 Å². The number of ether oxygens (including phenoxy) is 1. The van der Waals surface area contributed by atoms with Crippen molar-refractivity contribution in [3.05, 3.63) is 40.2 Å². The minimum atomic E-state index is -0.402. The van der Waals surface area contributed by atoms with Gasteiger partial charge in [-0.15, -0.1) is 0 Å². The third-order valence-corrected chi connectivity index (χ3v) is 2.79. The highest BCUT2D eigenvalue weighted by molar-refractivity contribution is 6.32. The molecule has 1 aromatic rings. The molecule has 92 valence electrons. The zero-order valence-corrected chi connectivity index (χ0v) is 10.8. The number of halogens is 2. The minimum absolute atomic E-state index is 0.283. The maximum atomic E-state index is 12.9. The van der Waals surface area contributed by atoms with Gasteiger partial charge in [0.05, 0.1) is 11.6 Å². The summed E-state index contributed by atoms with van der Waals surface area (Å²) in [6.07, 6.45) is 0. The van der Waals surface area contributed by atoms with Crippen molar-refractivity contribution in [3.8, 4) is 0 Å². The first-order valence-electron chi connectivity index (χ1n) is 5.27. The van der Waals surface area contributed by atoms with Crippen molar-refractivity contribution in [3.63, 3.8) is 0 Å². The monoisotopic (exact) mass is 256 g/mol. The van der Waals surface area contributed by atoms with Crippen LogP contribution in [0.5, 0.6) is 0 Å². The number of hydrogen-bond donors (Lipinski definition) is 0. The normalized spacial score (nSPS) is 12.1. The molecule has 0 atom stereocenters. The molecule has 2 nitrogen and oxygen atoms in total. The molecular weight excluding hydrogens is 243 g/mol. The van der Waals surface area contributed by atoms with Crippen molar-refractivity contribution >= 4 is 23.1 Å². The number of hydrogen-bond acceptors (Lipinski definition) is 2. The Kier molecular flexibility index (Phi) is 4.70. The quantitative estimate of drug-likeness (QED) is 0.607. The van der Waals surface area contributed by atoms with Crippen molar-refractivity contribution in [2.45, 2.75) is 20.8 Å². The van der Waals surface area contributed by atoms with Crippen molar-refractivity contribution in [1.29, 1.82) is 0 Å². The van der Waals surface area contributed by atoms with E-state index >= 15 is 0 Å². The summed E-state index contributed by atoms with van der Waals surface area (Å²) in [7, 11) is 0. The summed E-state index contributed by atoms with van der Waals surface area (Å²) in [6.45, 7) is 5.48. The van der Waals surface area contributed by atoms with Crippen LogP contribution in [0.15, 0.2) is 23.8 Å². The molecular formula is C13H14ClFO2. The van der Waals surface area contributed by atoms with Gasteiger partial charge in [0.1, 0.15) is 5.82 Å². The van der Waals surface area contributed by atoms with E-state index in [2.05, 4.69) is 0 Å². The van der Waals surface area contributed by atoms with E-state index in [1.54, 1.807) is 26.8 Å². The van der Waals surface area contributed by atoms with Crippen molar-refractivity contribution in [1.82, 2.24) is 0 Å².